The summed E-state index contributed by atoms with van der Waals surface area (Å²) in [5.74, 6) is -3.57. The highest BCUT2D eigenvalue weighted by Gasteiger charge is 2.27. The zero-order chi connectivity index (χ0) is 30.8. The molecule has 0 fully saturated rings. The lowest BCUT2D eigenvalue weighted by molar-refractivity contribution is -0.148. The molecule has 0 bridgehead atoms. The molecule has 5 atom stereocenters. The van der Waals surface area contributed by atoms with Crippen molar-refractivity contribution in [3.8, 4) is 0 Å². The maximum absolute atomic E-state index is 12.7. The molecule has 6 N–H and O–H groups in total. The van der Waals surface area contributed by atoms with Crippen molar-refractivity contribution >= 4 is 35.6 Å². The first-order chi connectivity index (χ1) is 18.7. The molecule has 3 amide bonds. The second kappa shape index (κ2) is 19.8. The predicted molar refractivity (Wildman–Crippen MR) is 147 cm³/mol. The number of hydrogen-bond donors (Lipinski definition) is 5. The summed E-state index contributed by atoms with van der Waals surface area (Å²) < 4.78 is 9.82. The Balaban J connectivity index is 4.96. The lowest BCUT2D eigenvalue weighted by Gasteiger charge is -2.21. The maximum Gasteiger partial charge on any atom is 0.328 e. The highest BCUT2D eigenvalue weighted by atomic mass is 16.5. The molecule has 0 aromatic heterocycles. The van der Waals surface area contributed by atoms with Crippen molar-refractivity contribution in [2.45, 2.75) is 111 Å². The van der Waals surface area contributed by atoms with Crippen LogP contribution in [0.15, 0.2) is 0 Å². The first kappa shape index (κ1) is 36.8. The molecular formula is C27H48N4O9. The van der Waals surface area contributed by atoms with Crippen molar-refractivity contribution in [3.05, 3.63) is 0 Å². The summed E-state index contributed by atoms with van der Waals surface area (Å²) in [6.45, 7) is 11.0. The topological polar surface area (TPSA) is 203 Å². The van der Waals surface area contributed by atoms with Gasteiger partial charge in [-0.15, -0.1) is 0 Å². The minimum absolute atomic E-state index is 0.0270. The van der Waals surface area contributed by atoms with Crippen molar-refractivity contribution in [2.24, 2.45) is 17.6 Å². The Bertz CT molecular complexity index is 850. The molecule has 0 rings (SSSR count). The lowest BCUT2D eigenvalue weighted by Crippen LogP contribution is -2.51. The third kappa shape index (κ3) is 16.0. The van der Waals surface area contributed by atoms with Crippen molar-refractivity contribution in [1.29, 1.82) is 0 Å². The van der Waals surface area contributed by atoms with Gasteiger partial charge >= 0.3 is 17.9 Å². The summed E-state index contributed by atoms with van der Waals surface area (Å²) in [6.07, 6.45) is 1.16. The Kier molecular flexibility index (Phi) is 18.2. The van der Waals surface area contributed by atoms with E-state index in [0.29, 0.717) is 5.92 Å². The molecule has 40 heavy (non-hydrogen) atoms. The average molecular weight is 573 g/mol. The van der Waals surface area contributed by atoms with Crippen LogP contribution in [0, 0.1) is 11.8 Å². The minimum Gasteiger partial charge on any atom is -0.480 e. The van der Waals surface area contributed by atoms with Gasteiger partial charge in [-0.05, 0) is 64.7 Å². The number of carbonyl (C=O) groups is 6. The lowest BCUT2D eigenvalue weighted by atomic mass is 9.95. The molecule has 5 unspecified atom stereocenters. The fraction of sp³-hybridized carbons (Fsp3) is 0.778. The van der Waals surface area contributed by atoms with Gasteiger partial charge in [-0.1, -0.05) is 20.8 Å². The third-order valence-corrected chi connectivity index (χ3v) is 5.96. The second-order valence-corrected chi connectivity index (χ2v) is 10.3. The molecular weight excluding hydrogens is 524 g/mol. The fourth-order valence-corrected chi connectivity index (χ4v) is 4.07. The van der Waals surface area contributed by atoms with Gasteiger partial charge < -0.3 is 36.3 Å². The molecule has 0 aliphatic heterocycles. The van der Waals surface area contributed by atoms with Crippen LogP contribution in [0.2, 0.25) is 0 Å². The van der Waals surface area contributed by atoms with Gasteiger partial charge in [0, 0.05) is 12.8 Å². The van der Waals surface area contributed by atoms with Crippen molar-refractivity contribution in [1.82, 2.24) is 16.0 Å². The van der Waals surface area contributed by atoms with Crippen LogP contribution < -0.4 is 21.7 Å². The van der Waals surface area contributed by atoms with E-state index in [0.717, 1.165) is 6.42 Å². The molecule has 0 aromatic rings. The summed E-state index contributed by atoms with van der Waals surface area (Å²) >= 11 is 0. The van der Waals surface area contributed by atoms with Crippen LogP contribution in [0.4, 0.5) is 0 Å². The SMILES string of the molecule is CCOC(=O)C(N)CCCC(NC(=O)CCC(NC(=O)C(C)NC(=O)CC(C)CC(C)C)C(=O)OCC)C(=O)O. The number of carboxylic acids is 1. The number of hydrogen-bond acceptors (Lipinski definition) is 9. The Morgan fingerprint density at radius 1 is 0.775 bits per heavy atom. The molecule has 0 spiro atoms. The zero-order valence-electron chi connectivity index (χ0n) is 24.6. The fourth-order valence-electron chi connectivity index (χ4n) is 4.07. The standard InChI is InChI=1S/C27H48N4O9/c1-7-39-26(37)19(28)10-9-11-20(25(35)36)30-22(32)13-12-21(27(38)40-8-2)31-24(34)18(6)29-23(33)15-17(5)14-16(3)4/h16-21H,7-15,28H2,1-6H3,(H,29,33)(H,30,32)(H,31,34)(H,35,36). The van der Waals surface area contributed by atoms with Gasteiger partial charge in [-0.3, -0.25) is 19.2 Å². The number of rotatable bonds is 20. The molecule has 13 nitrogen and oxygen atoms in total. The zero-order valence-corrected chi connectivity index (χ0v) is 24.6. The smallest absolute Gasteiger partial charge is 0.328 e. The van der Waals surface area contributed by atoms with E-state index in [9.17, 15) is 33.9 Å². The minimum atomic E-state index is -1.26. The number of aliphatic carboxylic acids is 1. The number of esters is 2. The quantitative estimate of drug-likeness (QED) is 0.131. The first-order valence-corrected chi connectivity index (χ1v) is 13.9. The van der Waals surface area contributed by atoms with E-state index in [1.54, 1.807) is 13.8 Å². The molecule has 0 saturated carbocycles. The number of nitrogens with two attached hydrogens (primary N) is 1. The molecule has 0 aliphatic carbocycles. The second-order valence-electron chi connectivity index (χ2n) is 10.3. The first-order valence-electron chi connectivity index (χ1n) is 13.9. The molecule has 0 aromatic carbocycles. The van der Waals surface area contributed by atoms with Crippen molar-refractivity contribution < 1.29 is 43.3 Å². The summed E-state index contributed by atoms with van der Waals surface area (Å²) in [5.41, 5.74) is 5.72. The number of carbonyl (C=O) groups excluding carboxylic acids is 5. The maximum atomic E-state index is 12.7. The molecule has 13 heteroatoms. The molecule has 0 radical (unpaired) electrons. The van der Waals surface area contributed by atoms with E-state index in [-0.39, 0.29) is 63.6 Å². The van der Waals surface area contributed by atoms with Crippen LogP contribution in [0.5, 0.6) is 0 Å². The monoisotopic (exact) mass is 572 g/mol. The van der Waals surface area contributed by atoms with Crippen LogP contribution in [-0.4, -0.2) is 78.1 Å². The third-order valence-electron chi connectivity index (χ3n) is 5.96. The Morgan fingerprint density at radius 2 is 1.38 bits per heavy atom. The van der Waals surface area contributed by atoms with Crippen molar-refractivity contribution in [3.63, 3.8) is 0 Å². The van der Waals surface area contributed by atoms with Gasteiger partial charge in [0.1, 0.15) is 24.2 Å². The van der Waals surface area contributed by atoms with Gasteiger partial charge in [-0.2, -0.15) is 0 Å². The van der Waals surface area contributed by atoms with E-state index in [4.69, 9.17) is 15.2 Å². The Hall–Kier alpha value is -3.22. The highest BCUT2D eigenvalue weighted by Crippen LogP contribution is 2.14. The number of amides is 3. The van der Waals surface area contributed by atoms with Gasteiger partial charge in [0.2, 0.25) is 17.7 Å². The van der Waals surface area contributed by atoms with E-state index < -0.39 is 53.9 Å². The van der Waals surface area contributed by atoms with E-state index in [1.165, 1.54) is 6.92 Å². The molecule has 230 valence electrons. The van der Waals surface area contributed by atoms with Crippen LogP contribution in [0.1, 0.15) is 86.5 Å². The molecule has 0 aliphatic rings. The summed E-state index contributed by atoms with van der Waals surface area (Å²) in [5, 5.41) is 17.0. The van der Waals surface area contributed by atoms with Crippen LogP contribution in [0.3, 0.4) is 0 Å². The average Bonchev–Trinajstić information content (AvgIpc) is 2.84. The molecule has 0 heterocycles. The van der Waals surface area contributed by atoms with Crippen LogP contribution >= 0.6 is 0 Å². The number of ether oxygens (including phenoxy) is 2. The highest BCUT2D eigenvalue weighted by molar-refractivity contribution is 5.91. The Labute approximate surface area is 236 Å². The number of carboxylic acid groups (broad SMARTS) is 1. The van der Waals surface area contributed by atoms with Gasteiger partial charge in [0.05, 0.1) is 13.2 Å². The number of nitrogens with one attached hydrogen (secondary N) is 3. The normalized spacial score (nSPS) is 14.7. The van der Waals surface area contributed by atoms with E-state index in [2.05, 4.69) is 29.8 Å². The van der Waals surface area contributed by atoms with Gasteiger partial charge in [-0.25, -0.2) is 9.59 Å². The van der Waals surface area contributed by atoms with Gasteiger partial charge in [0.25, 0.3) is 0 Å². The summed E-state index contributed by atoms with van der Waals surface area (Å²) in [4.78, 5) is 73.1. The summed E-state index contributed by atoms with van der Waals surface area (Å²) in [7, 11) is 0. The summed E-state index contributed by atoms with van der Waals surface area (Å²) in [6, 6.07) is -4.23. The van der Waals surface area contributed by atoms with Crippen molar-refractivity contribution in [2.75, 3.05) is 13.2 Å². The van der Waals surface area contributed by atoms with Crippen LogP contribution in [0.25, 0.3) is 0 Å². The van der Waals surface area contributed by atoms with E-state index in [1.807, 2.05) is 6.92 Å². The van der Waals surface area contributed by atoms with Gasteiger partial charge in [0.15, 0.2) is 0 Å². The predicted octanol–water partition coefficient (Wildman–Crippen LogP) is 1.02. The van der Waals surface area contributed by atoms with E-state index >= 15 is 0 Å². The largest absolute Gasteiger partial charge is 0.480 e. The molecule has 0 saturated heterocycles. The Morgan fingerprint density at radius 3 is 1.93 bits per heavy atom. The van der Waals surface area contributed by atoms with Crippen LogP contribution in [-0.2, 0) is 38.2 Å².